The fraction of sp³-hybridized carbons (Fsp3) is 0.231. The molecule has 0 saturated heterocycles. The summed E-state index contributed by atoms with van der Waals surface area (Å²) in [6.45, 7) is 0. The molecule has 0 unspecified atom stereocenters. The van der Waals surface area contributed by atoms with Crippen molar-refractivity contribution in [2.24, 2.45) is 0 Å². The van der Waals surface area contributed by atoms with Crippen molar-refractivity contribution < 1.29 is 15.0 Å². The van der Waals surface area contributed by atoms with E-state index in [0.717, 1.165) is 12.8 Å². The molecule has 1 aliphatic rings. The quantitative estimate of drug-likeness (QED) is 0.884. The lowest BCUT2D eigenvalue weighted by Gasteiger charge is -2.13. The molecule has 1 saturated carbocycles. The molecule has 0 atom stereocenters. The van der Waals surface area contributed by atoms with Gasteiger partial charge in [0.05, 0.1) is 15.9 Å². The summed E-state index contributed by atoms with van der Waals surface area (Å²) >= 11 is 6.08. The number of fused-ring (bicyclic) bond motifs is 1. The van der Waals surface area contributed by atoms with E-state index in [1.807, 2.05) is 0 Å². The van der Waals surface area contributed by atoms with Crippen LogP contribution in [0, 0.1) is 0 Å². The summed E-state index contributed by atoms with van der Waals surface area (Å²) in [6, 6.07) is 2.78. The molecule has 1 aromatic heterocycles. The lowest BCUT2D eigenvalue weighted by atomic mass is 10.1. The highest BCUT2D eigenvalue weighted by atomic mass is 35.5. The first-order valence-corrected chi connectivity index (χ1v) is 6.17. The summed E-state index contributed by atoms with van der Waals surface area (Å²) in [5.41, 5.74) is -0.449. The van der Waals surface area contributed by atoms with Crippen molar-refractivity contribution in [2.45, 2.75) is 18.9 Å². The van der Waals surface area contributed by atoms with Gasteiger partial charge in [0.15, 0.2) is 0 Å². The van der Waals surface area contributed by atoms with Crippen LogP contribution in [0.15, 0.2) is 23.1 Å². The number of aromatic hydroxyl groups is 1. The van der Waals surface area contributed by atoms with Gasteiger partial charge in [0.2, 0.25) is 5.43 Å². The maximum Gasteiger partial charge on any atom is 0.341 e. The molecule has 5 nitrogen and oxygen atoms in total. The number of halogens is 1. The van der Waals surface area contributed by atoms with Gasteiger partial charge >= 0.3 is 5.97 Å². The molecule has 2 aromatic rings. The van der Waals surface area contributed by atoms with E-state index in [4.69, 9.17) is 16.7 Å². The van der Waals surface area contributed by atoms with Crippen LogP contribution in [-0.4, -0.2) is 20.7 Å². The Morgan fingerprint density at radius 3 is 2.63 bits per heavy atom. The molecule has 1 fully saturated rings. The van der Waals surface area contributed by atoms with Crippen molar-refractivity contribution in [3.05, 3.63) is 39.1 Å². The van der Waals surface area contributed by atoms with Crippen LogP contribution in [-0.2, 0) is 0 Å². The first-order chi connectivity index (χ1) is 8.99. The number of aromatic carboxylic acids is 1. The van der Waals surface area contributed by atoms with Crippen LogP contribution in [0.1, 0.15) is 29.2 Å². The van der Waals surface area contributed by atoms with E-state index >= 15 is 0 Å². The van der Waals surface area contributed by atoms with Crippen LogP contribution >= 0.6 is 11.6 Å². The van der Waals surface area contributed by atoms with Crippen LogP contribution in [0.2, 0.25) is 5.02 Å². The number of phenols is 1. The van der Waals surface area contributed by atoms with Gasteiger partial charge in [0.25, 0.3) is 0 Å². The number of hydrogen-bond acceptors (Lipinski definition) is 3. The predicted octanol–water partition coefficient (Wildman–Crippen LogP) is 2.39. The molecule has 6 heteroatoms. The average molecular weight is 280 g/mol. The van der Waals surface area contributed by atoms with E-state index < -0.39 is 11.4 Å². The largest absolute Gasteiger partial charge is 0.508 e. The molecule has 0 aliphatic heterocycles. The maximum atomic E-state index is 12.1. The van der Waals surface area contributed by atoms with Gasteiger partial charge in [-0.3, -0.25) is 4.79 Å². The zero-order valence-electron chi connectivity index (χ0n) is 9.76. The smallest absolute Gasteiger partial charge is 0.341 e. The lowest BCUT2D eigenvalue weighted by Crippen LogP contribution is -2.18. The topological polar surface area (TPSA) is 79.5 Å². The highest BCUT2D eigenvalue weighted by Crippen LogP contribution is 2.39. The number of aromatic nitrogens is 1. The van der Waals surface area contributed by atoms with Gasteiger partial charge in [-0.05, 0) is 18.9 Å². The molecule has 98 valence electrons. The Morgan fingerprint density at radius 1 is 1.37 bits per heavy atom. The zero-order chi connectivity index (χ0) is 13.7. The fourth-order valence-electron chi connectivity index (χ4n) is 2.22. The monoisotopic (exact) mass is 279 g/mol. The van der Waals surface area contributed by atoms with Crippen molar-refractivity contribution in [3.8, 4) is 5.75 Å². The molecule has 0 bridgehead atoms. The SMILES string of the molecule is O=C(O)c1cn(C2CC2)c2c(Cl)cc(O)cc2c1=O. The Kier molecular flexibility index (Phi) is 2.53. The molecule has 0 amide bonds. The molecule has 1 heterocycles. The van der Waals surface area contributed by atoms with Crippen LogP contribution in [0.5, 0.6) is 5.75 Å². The fourth-order valence-corrected chi connectivity index (χ4v) is 2.53. The van der Waals surface area contributed by atoms with Crippen LogP contribution in [0.25, 0.3) is 10.9 Å². The van der Waals surface area contributed by atoms with Gasteiger partial charge in [-0.15, -0.1) is 0 Å². The van der Waals surface area contributed by atoms with Crippen molar-refractivity contribution >= 4 is 28.5 Å². The minimum atomic E-state index is -1.28. The summed E-state index contributed by atoms with van der Waals surface area (Å²) in [7, 11) is 0. The highest BCUT2D eigenvalue weighted by Gasteiger charge is 2.27. The number of nitrogens with zero attached hydrogens (tertiary/aromatic N) is 1. The van der Waals surface area contributed by atoms with Gasteiger partial charge in [0, 0.05) is 18.3 Å². The number of pyridine rings is 1. The molecule has 3 rings (SSSR count). The van der Waals surface area contributed by atoms with Crippen molar-refractivity contribution in [1.29, 1.82) is 0 Å². The Labute approximate surface area is 112 Å². The standard InChI is InChI=1S/C13H10ClNO4/c14-10-4-7(16)3-8-11(10)15(6-1-2-6)5-9(12(8)17)13(18)19/h3-6,16H,1-2H2,(H,18,19). The minimum Gasteiger partial charge on any atom is -0.508 e. The van der Waals surface area contributed by atoms with E-state index in [2.05, 4.69) is 0 Å². The molecular formula is C13H10ClNO4. The van der Waals surface area contributed by atoms with Gasteiger partial charge in [-0.25, -0.2) is 4.79 Å². The normalized spacial score (nSPS) is 14.8. The molecule has 19 heavy (non-hydrogen) atoms. The predicted molar refractivity (Wildman–Crippen MR) is 70.1 cm³/mol. The zero-order valence-corrected chi connectivity index (χ0v) is 10.5. The van der Waals surface area contributed by atoms with Crippen molar-refractivity contribution in [1.82, 2.24) is 4.57 Å². The Balaban J connectivity index is 2.49. The average Bonchev–Trinajstić information content (AvgIpc) is 3.13. The van der Waals surface area contributed by atoms with Gasteiger partial charge in [-0.1, -0.05) is 11.6 Å². The van der Waals surface area contributed by atoms with Gasteiger partial charge in [-0.2, -0.15) is 0 Å². The summed E-state index contributed by atoms with van der Waals surface area (Å²) < 4.78 is 1.72. The second kappa shape index (κ2) is 3.99. The number of rotatable bonds is 2. The molecular weight excluding hydrogens is 270 g/mol. The minimum absolute atomic E-state index is 0.136. The van der Waals surface area contributed by atoms with E-state index in [9.17, 15) is 14.7 Å². The number of carboxylic acids is 1. The summed E-state index contributed by atoms with van der Waals surface area (Å²) in [5, 5.41) is 19.0. The van der Waals surface area contributed by atoms with Gasteiger partial charge < -0.3 is 14.8 Å². The molecule has 0 spiro atoms. The van der Waals surface area contributed by atoms with Crippen molar-refractivity contribution in [2.75, 3.05) is 0 Å². The molecule has 2 N–H and O–H groups in total. The molecule has 1 aromatic carbocycles. The second-order valence-electron chi connectivity index (χ2n) is 4.64. The van der Waals surface area contributed by atoms with E-state index in [1.165, 1.54) is 18.3 Å². The van der Waals surface area contributed by atoms with E-state index in [0.29, 0.717) is 5.52 Å². The van der Waals surface area contributed by atoms with Crippen LogP contribution < -0.4 is 5.43 Å². The number of carboxylic acid groups (broad SMARTS) is 1. The summed E-state index contributed by atoms with van der Waals surface area (Å²) in [4.78, 5) is 23.2. The first-order valence-electron chi connectivity index (χ1n) is 5.79. The Morgan fingerprint density at radius 2 is 2.05 bits per heavy atom. The van der Waals surface area contributed by atoms with E-state index in [-0.39, 0.29) is 27.8 Å². The maximum absolute atomic E-state index is 12.1. The molecule has 1 aliphatic carbocycles. The third-order valence-electron chi connectivity index (χ3n) is 3.23. The van der Waals surface area contributed by atoms with Crippen molar-refractivity contribution in [3.63, 3.8) is 0 Å². The summed E-state index contributed by atoms with van der Waals surface area (Å²) in [6.07, 6.45) is 3.19. The third kappa shape index (κ3) is 1.86. The lowest BCUT2D eigenvalue weighted by molar-refractivity contribution is 0.0695. The molecule has 0 radical (unpaired) electrons. The third-order valence-corrected chi connectivity index (χ3v) is 3.52. The number of benzene rings is 1. The number of phenolic OH excluding ortho intramolecular Hbond substituents is 1. The Hall–Kier alpha value is -2.01. The first kappa shape index (κ1) is 12.0. The van der Waals surface area contributed by atoms with E-state index in [1.54, 1.807) is 4.57 Å². The Bertz CT molecular complexity index is 761. The number of hydrogen-bond donors (Lipinski definition) is 2. The van der Waals surface area contributed by atoms with Crippen LogP contribution in [0.3, 0.4) is 0 Å². The highest BCUT2D eigenvalue weighted by molar-refractivity contribution is 6.35. The van der Waals surface area contributed by atoms with Gasteiger partial charge in [0.1, 0.15) is 11.3 Å². The summed E-state index contributed by atoms with van der Waals surface area (Å²) in [5.74, 6) is -1.43. The second-order valence-corrected chi connectivity index (χ2v) is 5.05. The van der Waals surface area contributed by atoms with Crippen LogP contribution in [0.4, 0.5) is 0 Å². The number of carbonyl (C=O) groups is 1.